The Hall–Kier alpha value is -4.11. The van der Waals surface area contributed by atoms with Gasteiger partial charge in [-0.25, -0.2) is 13.2 Å². The fourth-order valence-electron chi connectivity index (χ4n) is 3.51. The predicted octanol–water partition coefficient (Wildman–Crippen LogP) is 4.11. The number of amides is 1. The van der Waals surface area contributed by atoms with Gasteiger partial charge in [0.25, 0.3) is 15.9 Å². The minimum Gasteiger partial charge on any atom is -0.495 e. The number of rotatable bonds is 11. The lowest BCUT2D eigenvalue weighted by molar-refractivity contribution is -0.124. The van der Waals surface area contributed by atoms with Gasteiger partial charge in [0.1, 0.15) is 5.75 Å². The van der Waals surface area contributed by atoms with Gasteiger partial charge in [0, 0.05) is 0 Å². The van der Waals surface area contributed by atoms with E-state index in [0.29, 0.717) is 11.4 Å². The number of hydrogen-bond acceptors (Lipinski definition) is 6. The van der Waals surface area contributed by atoms with E-state index in [2.05, 4.69) is 11.9 Å². The molecule has 8 nitrogen and oxygen atoms in total. The molecular weight excluding hydrogens is 480 g/mol. The zero-order valence-electron chi connectivity index (χ0n) is 20.1. The van der Waals surface area contributed by atoms with Gasteiger partial charge in [-0.05, 0) is 42.8 Å². The van der Waals surface area contributed by atoms with Crippen molar-refractivity contribution in [2.45, 2.75) is 17.9 Å². The van der Waals surface area contributed by atoms with E-state index < -0.39 is 28.5 Å². The summed E-state index contributed by atoms with van der Waals surface area (Å²) in [6, 6.07) is 21.2. The number of sulfonamides is 1. The molecule has 0 bridgehead atoms. The summed E-state index contributed by atoms with van der Waals surface area (Å²) >= 11 is 0. The summed E-state index contributed by atoms with van der Waals surface area (Å²) in [5.41, 5.74) is 1.24. The first kappa shape index (κ1) is 26.5. The van der Waals surface area contributed by atoms with E-state index in [1.54, 1.807) is 24.3 Å². The van der Waals surface area contributed by atoms with Crippen molar-refractivity contribution in [1.82, 2.24) is 5.32 Å². The standard InChI is InChI=1S/C27H28N2O6S/c1-4-17-29(24-15-8-9-16-25(24)34-3)36(32,33)23-14-10-13-22(18-23)27(31)35-19-26(30)28-20(2)21-11-6-5-7-12-21/h4-16,18,20H,1,17,19H2,2-3H3,(H,28,30). The fraction of sp³-hybridized carbons (Fsp3) is 0.185. The third-order valence-corrected chi connectivity index (χ3v) is 7.09. The second-order valence-electron chi connectivity index (χ2n) is 7.80. The minimum absolute atomic E-state index is 0.00133. The van der Waals surface area contributed by atoms with Gasteiger partial charge in [-0.1, -0.05) is 54.6 Å². The van der Waals surface area contributed by atoms with Gasteiger partial charge < -0.3 is 14.8 Å². The number of nitrogens with one attached hydrogen (secondary N) is 1. The van der Waals surface area contributed by atoms with Crippen LogP contribution < -0.4 is 14.4 Å². The molecule has 1 N–H and O–H groups in total. The van der Waals surface area contributed by atoms with Gasteiger partial charge in [-0.15, -0.1) is 6.58 Å². The number of anilines is 1. The number of nitrogens with zero attached hydrogens (tertiary/aromatic N) is 1. The van der Waals surface area contributed by atoms with Crippen LogP contribution in [0.1, 0.15) is 28.9 Å². The van der Waals surface area contributed by atoms with Gasteiger partial charge in [0.15, 0.2) is 6.61 Å². The summed E-state index contributed by atoms with van der Waals surface area (Å²) in [6.45, 7) is 4.96. The molecule has 0 saturated carbocycles. The molecule has 9 heteroatoms. The Bertz CT molecular complexity index is 1320. The summed E-state index contributed by atoms with van der Waals surface area (Å²) in [5, 5.41) is 2.76. The van der Waals surface area contributed by atoms with Crippen LogP contribution in [0.5, 0.6) is 5.75 Å². The van der Waals surface area contributed by atoms with Crippen LogP contribution in [0.3, 0.4) is 0 Å². The second kappa shape index (κ2) is 12.0. The lowest BCUT2D eigenvalue weighted by atomic mass is 10.1. The predicted molar refractivity (Wildman–Crippen MR) is 137 cm³/mol. The molecule has 1 amide bonds. The van der Waals surface area contributed by atoms with Crippen molar-refractivity contribution < 1.29 is 27.5 Å². The van der Waals surface area contributed by atoms with Gasteiger partial charge in [0.05, 0.1) is 35.8 Å². The van der Waals surface area contributed by atoms with Crippen molar-refractivity contribution in [3.8, 4) is 5.75 Å². The Morgan fingerprint density at radius 3 is 2.42 bits per heavy atom. The molecule has 1 atom stereocenters. The highest BCUT2D eigenvalue weighted by molar-refractivity contribution is 7.92. The second-order valence-corrected chi connectivity index (χ2v) is 9.66. The van der Waals surface area contributed by atoms with E-state index in [4.69, 9.17) is 9.47 Å². The Balaban J connectivity index is 1.74. The first-order chi connectivity index (χ1) is 17.3. The zero-order chi connectivity index (χ0) is 26.1. The molecular formula is C27H28N2O6S. The van der Waals surface area contributed by atoms with E-state index in [9.17, 15) is 18.0 Å². The quantitative estimate of drug-likeness (QED) is 0.309. The van der Waals surface area contributed by atoms with E-state index >= 15 is 0 Å². The summed E-state index contributed by atoms with van der Waals surface area (Å²) in [7, 11) is -2.64. The van der Waals surface area contributed by atoms with E-state index in [1.165, 1.54) is 37.5 Å². The van der Waals surface area contributed by atoms with E-state index in [0.717, 1.165) is 9.87 Å². The molecule has 3 aromatic carbocycles. The van der Waals surface area contributed by atoms with Crippen LogP contribution in [0.25, 0.3) is 0 Å². The lowest BCUT2D eigenvalue weighted by Gasteiger charge is -2.25. The molecule has 0 spiro atoms. The van der Waals surface area contributed by atoms with Crippen molar-refractivity contribution >= 4 is 27.6 Å². The minimum atomic E-state index is -4.09. The number of carbonyl (C=O) groups is 2. The average Bonchev–Trinajstić information content (AvgIpc) is 2.90. The molecule has 3 aromatic rings. The van der Waals surface area contributed by atoms with Crippen LogP contribution >= 0.6 is 0 Å². The first-order valence-corrected chi connectivity index (χ1v) is 12.6. The molecule has 0 heterocycles. The number of hydrogen-bond donors (Lipinski definition) is 1. The third-order valence-electron chi connectivity index (χ3n) is 5.32. The molecule has 0 saturated heterocycles. The maximum atomic E-state index is 13.5. The maximum Gasteiger partial charge on any atom is 0.338 e. The van der Waals surface area contributed by atoms with Crippen LogP contribution in [0.2, 0.25) is 0 Å². The molecule has 0 aliphatic carbocycles. The number of carbonyl (C=O) groups excluding carboxylic acids is 2. The molecule has 0 aliphatic heterocycles. The Morgan fingerprint density at radius 1 is 1.03 bits per heavy atom. The molecule has 0 aliphatic rings. The average molecular weight is 509 g/mol. The normalized spacial score (nSPS) is 11.7. The highest BCUT2D eigenvalue weighted by Crippen LogP contribution is 2.32. The molecule has 0 fully saturated rings. The monoisotopic (exact) mass is 508 g/mol. The molecule has 188 valence electrons. The van der Waals surface area contributed by atoms with Crippen molar-refractivity contribution in [2.24, 2.45) is 0 Å². The highest BCUT2D eigenvalue weighted by atomic mass is 32.2. The maximum absolute atomic E-state index is 13.5. The van der Waals surface area contributed by atoms with Crippen molar-refractivity contribution in [3.05, 3.63) is 103 Å². The largest absolute Gasteiger partial charge is 0.495 e. The van der Waals surface area contributed by atoms with Gasteiger partial charge >= 0.3 is 5.97 Å². The van der Waals surface area contributed by atoms with Crippen LogP contribution in [-0.4, -0.2) is 40.6 Å². The van der Waals surface area contributed by atoms with Crippen molar-refractivity contribution in [2.75, 3.05) is 24.6 Å². The molecule has 36 heavy (non-hydrogen) atoms. The number of para-hydroxylation sites is 2. The molecule has 1 unspecified atom stereocenters. The number of esters is 1. The molecule has 3 rings (SSSR count). The zero-order valence-corrected chi connectivity index (χ0v) is 20.9. The van der Waals surface area contributed by atoms with Crippen LogP contribution in [0.4, 0.5) is 5.69 Å². The smallest absolute Gasteiger partial charge is 0.338 e. The van der Waals surface area contributed by atoms with Crippen molar-refractivity contribution in [3.63, 3.8) is 0 Å². The van der Waals surface area contributed by atoms with Gasteiger partial charge in [-0.3, -0.25) is 9.10 Å². The topological polar surface area (TPSA) is 102 Å². The first-order valence-electron chi connectivity index (χ1n) is 11.2. The Morgan fingerprint density at radius 2 is 1.72 bits per heavy atom. The third kappa shape index (κ3) is 6.31. The highest BCUT2D eigenvalue weighted by Gasteiger charge is 2.27. The van der Waals surface area contributed by atoms with Crippen molar-refractivity contribution in [1.29, 1.82) is 0 Å². The van der Waals surface area contributed by atoms with Gasteiger partial charge in [0.2, 0.25) is 0 Å². The van der Waals surface area contributed by atoms with Crippen LogP contribution in [-0.2, 0) is 19.6 Å². The van der Waals surface area contributed by atoms with E-state index in [1.807, 2.05) is 37.3 Å². The number of benzene rings is 3. The van der Waals surface area contributed by atoms with Crippen LogP contribution in [0, 0.1) is 0 Å². The fourth-order valence-corrected chi connectivity index (χ4v) is 5.00. The lowest BCUT2D eigenvalue weighted by Crippen LogP contribution is -2.32. The van der Waals surface area contributed by atoms with E-state index in [-0.39, 0.29) is 23.0 Å². The summed E-state index contributed by atoms with van der Waals surface area (Å²) in [6.07, 6.45) is 1.46. The molecule has 0 aromatic heterocycles. The summed E-state index contributed by atoms with van der Waals surface area (Å²) in [5.74, 6) is -0.923. The SMILES string of the molecule is C=CCN(c1ccccc1OC)S(=O)(=O)c1cccc(C(=O)OCC(=O)NC(C)c2ccccc2)c1. The van der Waals surface area contributed by atoms with Crippen LogP contribution in [0.15, 0.2) is 96.4 Å². The molecule has 0 radical (unpaired) electrons. The Labute approximate surface area is 211 Å². The summed E-state index contributed by atoms with van der Waals surface area (Å²) < 4.78 is 38.6. The van der Waals surface area contributed by atoms with Gasteiger partial charge in [-0.2, -0.15) is 0 Å². The Kier molecular flexibility index (Phi) is 8.86. The number of ether oxygens (including phenoxy) is 2. The number of methoxy groups -OCH3 is 1. The summed E-state index contributed by atoms with van der Waals surface area (Å²) in [4.78, 5) is 24.7.